The quantitative estimate of drug-likeness (QED) is 0.939. The lowest BCUT2D eigenvalue weighted by molar-refractivity contribution is -0.00652. The number of hydrogen-bond donors (Lipinski definition) is 1. The van der Waals surface area contributed by atoms with Crippen LogP contribution in [0.4, 0.5) is 15.9 Å². The van der Waals surface area contributed by atoms with Gasteiger partial charge in [-0.15, -0.1) is 0 Å². The van der Waals surface area contributed by atoms with Crippen molar-refractivity contribution in [2.45, 2.75) is 30.9 Å². The smallest absolute Gasteiger partial charge is 0.147 e. The first-order chi connectivity index (χ1) is 11.7. The maximum absolute atomic E-state index is 13.3. The summed E-state index contributed by atoms with van der Waals surface area (Å²) in [6, 6.07) is 6.80. The van der Waals surface area contributed by atoms with Gasteiger partial charge in [0.2, 0.25) is 0 Å². The van der Waals surface area contributed by atoms with E-state index in [0.29, 0.717) is 6.61 Å². The Labute approximate surface area is 140 Å². The van der Waals surface area contributed by atoms with Crippen LogP contribution in [0.1, 0.15) is 19.3 Å². The first-order valence-corrected chi connectivity index (χ1v) is 8.40. The van der Waals surface area contributed by atoms with Gasteiger partial charge in [-0.1, -0.05) is 6.07 Å². The first-order valence-electron chi connectivity index (χ1n) is 8.40. The molecule has 0 unspecified atom stereocenters. The number of ether oxygens (including phenoxy) is 1. The molecule has 2 aromatic rings. The Bertz CT molecular complexity index is 698. The third kappa shape index (κ3) is 3.19. The molecule has 2 fully saturated rings. The Morgan fingerprint density at radius 3 is 3.12 bits per heavy atom. The fourth-order valence-corrected chi connectivity index (χ4v) is 3.78. The predicted molar refractivity (Wildman–Crippen MR) is 90.6 cm³/mol. The Morgan fingerprint density at radius 2 is 2.29 bits per heavy atom. The lowest BCUT2D eigenvalue weighted by Crippen LogP contribution is -2.48. The van der Waals surface area contributed by atoms with Gasteiger partial charge in [-0.25, -0.2) is 9.37 Å². The number of halogens is 1. The molecule has 126 valence electrons. The van der Waals surface area contributed by atoms with Gasteiger partial charge in [0, 0.05) is 37.6 Å². The van der Waals surface area contributed by atoms with Crippen molar-refractivity contribution in [3.05, 3.63) is 48.7 Å². The molecule has 1 N–H and O–H groups in total. The average molecular weight is 328 g/mol. The van der Waals surface area contributed by atoms with E-state index in [0.717, 1.165) is 43.9 Å². The highest BCUT2D eigenvalue weighted by atomic mass is 19.1. The van der Waals surface area contributed by atoms with Crippen LogP contribution in [0, 0.1) is 5.82 Å². The van der Waals surface area contributed by atoms with Crippen LogP contribution >= 0.6 is 0 Å². The van der Waals surface area contributed by atoms with Crippen molar-refractivity contribution < 1.29 is 9.13 Å². The maximum atomic E-state index is 13.3. The number of piperidine rings is 1. The van der Waals surface area contributed by atoms with E-state index in [2.05, 4.69) is 20.2 Å². The van der Waals surface area contributed by atoms with Crippen LogP contribution in [0.2, 0.25) is 0 Å². The van der Waals surface area contributed by atoms with Crippen LogP contribution in [-0.2, 0) is 4.74 Å². The summed E-state index contributed by atoms with van der Waals surface area (Å²) in [4.78, 5) is 10.8. The summed E-state index contributed by atoms with van der Waals surface area (Å²) in [6.45, 7) is 2.45. The largest absolute Gasteiger partial charge is 0.380 e. The average Bonchev–Trinajstić information content (AvgIpc) is 2.97. The van der Waals surface area contributed by atoms with E-state index in [1.165, 1.54) is 12.1 Å². The summed E-state index contributed by atoms with van der Waals surface area (Å²) >= 11 is 0. The van der Waals surface area contributed by atoms with Gasteiger partial charge in [-0.2, -0.15) is 0 Å². The van der Waals surface area contributed by atoms with Crippen LogP contribution in [0.15, 0.2) is 42.9 Å². The number of anilines is 2. The Morgan fingerprint density at radius 1 is 1.33 bits per heavy atom. The second kappa shape index (κ2) is 6.36. The molecular formula is C18H21FN4O. The lowest BCUT2D eigenvalue weighted by Gasteiger charge is -2.40. The number of benzene rings is 1. The van der Waals surface area contributed by atoms with Gasteiger partial charge >= 0.3 is 0 Å². The van der Waals surface area contributed by atoms with E-state index in [9.17, 15) is 4.39 Å². The van der Waals surface area contributed by atoms with E-state index < -0.39 is 0 Å². The van der Waals surface area contributed by atoms with Crippen LogP contribution in [-0.4, -0.2) is 41.3 Å². The second-order valence-electron chi connectivity index (χ2n) is 6.64. The SMILES string of the molecule is Fc1cccc(N[C@@H]2CO[C@@]3(CCCN(c4cnccn4)C3)C2)c1. The minimum absolute atomic E-state index is 0.152. The number of aromatic nitrogens is 2. The van der Waals surface area contributed by atoms with E-state index in [1.54, 1.807) is 24.7 Å². The molecule has 1 aromatic carbocycles. The fraction of sp³-hybridized carbons (Fsp3) is 0.444. The molecule has 2 atom stereocenters. The van der Waals surface area contributed by atoms with E-state index in [-0.39, 0.29) is 17.5 Å². The minimum atomic E-state index is -0.222. The number of rotatable bonds is 3. The van der Waals surface area contributed by atoms with Gasteiger partial charge in [0.1, 0.15) is 11.6 Å². The summed E-state index contributed by atoms with van der Waals surface area (Å²) < 4.78 is 19.5. The zero-order chi connectivity index (χ0) is 16.4. The summed E-state index contributed by atoms with van der Waals surface area (Å²) in [5.41, 5.74) is 0.656. The third-order valence-electron chi connectivity index (χ3n) is 4.82. The molecule has 2 saturated heterocycles. The molecule has 0 radical (unpaired) electrons. The zero-order valence-electron chi connectivity index (χ0n) is 13.5. The normalized spacial score (nSPS) is 26.7. The first kappa shape index (κ1) is 15.3. The second-order valence-corrected chi connectivity index (χ2v) is 6.64. The number of hydrogen-bond acceptors (Lipinski definition) is 5. The highest BCUT2D eigenvalue weighted by Gasteiger charge is 2.43. The van der Waals surface area contributed by atoms with Crippen LogP contribution < -0.4 is 10.2 Å². The van der Waals surface area contributed by atoms with Crippen LogP contribution in [0.5, 0.6) is 0 Å². The molecule has 6 heteroatoms. The molecule has 0 saturated carbocycles. The molecule has 5 nitrogen and oxygen atoms in total. The van der Waals surface area contributed by atoms with E-state index in [4.69, 9.17) is 4.74 Å². The molecule has 0 aliphatic carbocycles. The molecular weight excluding hydrogens is 307 g/mol. The highest BCUT2D eigenvalue weighted by molar-refractivity contribution is 5.44. The van der Waals surface area contributed by atoms with Gasteiger partial charge in [-0.05, 0) is 31.0 Å². The predicted octanol–water partition coefficient (Wildman–Crippen LogP) is 2.86. The molecule has 0 bridgehead atoms. The summed E-state index contributed by atoms with van der Waals surface area (Å²) in [7, 11) is 0. The van der Waals surface area contributed by atoms with Crippen molar-refractivity contribution in [2.24, 2.45) is 0 Å². The topological polar surface area (TPSA) is 50.3 Å². The molecule has 2 aliphatic heterocycles. The summed E-state index contributed by atoms with van der Waals surface area (Å²) in [6.07, 6.45) is 8.25. The maximum Gasteiger partial charge on any atom is 0.147 e. The monoisotopic (exact) mass is 328 g/mol. The van der Waals surface area contributed by atoms with E-state index >= 15 is 0 Å². The highest BCUT2D eigenvalue weighted by Crippen LogP contribution is 2.36. The molecule has 2 aliphatic rings. The molecule has 1 spiro atoms. The minimum Gasteiger partial charge on any atom is -0.380 e. The van der Waals surface area contributed by atoms with Gasteiger partial charge in [0.25, 0.3) is 0 Å². The molecule has 1 aromatic heterocycles. The van der Waals surface area contributed by atoms with Gasteiger partial charge < -0.3 is 15.0 Å². The van der Waals surface area contributed by atoms with Crippen molar-refractivity contribution in [1.29, 1.82) is 0 Å². The van der Waals surface area contributed by atoms with Crippen molar-refractivity contribution in [1.82, 2.24) is 9.97 Å². The number of nitrogens with zero attached hydrogens (tertiary/aromatic N) is 3. The van der Waals surface area contributed by atoms with Gasteiger partial charge in [0.05, 0.1) is 24.4 Å². The van der Waals surface area contributed by atoms with E-state index in [1.807, 2.05) is 6.07 Å². The van der Waals surface area contributed by atoms with Crippen molar-refractivity contribution >= 4 is 11.5 Å². The summed E-state index contributed by atoms with van der Waals surface area (Å²) in [5, 5.41) is 3.40. The fourth-order valence-electron chi connectivity index (χ4n) is 3.78. The molecule has 3 heterocycles. The van der Waals surface area contributed by atoms with Crippen molar-refractivity contribution in [3.8, 4) is 0 Å². The molecule has 4 rings (SSSR count). The van der Waals surface area contributed by atoms with Crippen molar-refractivity contribution in [3.63, 3.8) is 0 Å². The molecule has 24 heavy (non-hydrogen) atoms. The Hall–Kier alpha value is -2.21. The van der Waals surface area contributed by atoms with Crippen molar-refractivity contribution in [2.75, 3.05) is 29.9 Å². The number of nitrogens with one attached hydrogen (secondary N) is 1. The summed E-state index contributed by atoms with van der Waals surface area (Å²) in [5.74, 6) is 0.682. The van der Waals surface area contributed by atoms with Crippen LogP contribution in [0.3, 0.4) is 0 Å². The standard InChI is InChI=1S/C18H21FN4O/c19-14-3-1-4-15(9-14)22-16-10-18(24-12-16)5-2-8-23(13-18)17-11-20-6-7-21-17/h1,3-4,6-7,9,11,16,22H,2,5,8,10,12-13H2/t16-,18-/m0/s1. The molecule has 0 amide bonds. The zero-order valence-corrected chi connectivity index (χ0v) is 13.5. The Kier molecular flexibility index (Phi) is 4.06. The Balaban J connectivity index is 1.43. The van der Waals surface area contributed by atoms with Gasteiger partial charge in [-0.3, -0.25) is 4.98 Å². The van der Waals surface area contributed by atoms with Crippen LogP contribution in [0.25, 0.3) is 0 Å². The van der Waals surface area contributed by atoms with Gasteiger partial charge in [0.15, 0.2) is 0 Å². The lowest BCUT2D eigenvalue weighted by atomic mass is 9.88. The third-order valence-corrected chi connectivity index (χ3v) is 4.82.